The minimum absolute atomic E-state index is 0.171. The van der Waals surface area contributed by atoms with Crippen LogP contribution in [0.15, 0.2) is 0 Å². The molecule has 0 aliphatic rings. The smallest absolute Gasteiger partial charge is 0.134 e. The van der Waals surface area contributed by atoms with E-state index in [0.29, 0.717) is 0 Å². The molecule has 17 heavy (non-hydrogen) atoms. The van der Waals surface area contributed by atoms with E-state index in [1.54, 1.807) is 0 Å². The highest BCUT2D eigenvalue weighted by molar-refractivity contribution is 6.36. The van der Waals surface area contributed by atoms with Gasteiger partial charge in [-0.2, -0.15) is 0 Å². The monoisotopic (exact) mass is 260 g/mol. The molecule has 0 aliphatic carbocycles. The number of hydrogen-bond donors (Lipinski definition) is 0. The molecule has 0 fully saturated rings. The molecule has 104 valence electrons. The quantitative estimate of drug-likeness (QED) is 0.286. The fraction of sp³-hybridized carbons (Fsp3) is 1.00. The molecule has 0 atom stereocenters. The second-order valence-corrected chi connectivity index (χ2v) is 6.55. The summed E-state index contributed by atoms with van der Waals surface area (Å²) in [5.41, 5.74) is 0. The molecule has 0 unspecified atom stereocenters. The minimum Gasteiger partial charge on any atom is -0.357 e. The summed E-state index contributed by atoms with van der Waals surface area (Å²) in [6, 6.07) is 1.37. The van der Waals surface area contributed by atoms with Gasteiger partial charge in [-0.1, -0.05) is 57.9 Å². The van der Waals surface area contributed by atoms with E-state index in [2.05, 4.69) is 6.92 Å². The van der Waals surface area contributed by atoms with Crippen LogP contribution in [0, 0.1) is 0 Å². The molecular formula is C14H32O2Si. The van der Waals surface area contributed by atoms with E-state index < -0.39 is 0 Å². The van der Waals surface area contributed by atoms with Crippen molar-refractivity contribution in [2.45, 2.75) is 77.7 Å². The van der Waals surface area contributed by atoms with E-state index in [-0.39, 0.29) is 15.4 Å². The molecule has 2 nitrogen and oxygen atoms in total. The molecule has 0 radical (unpaired) electrons. The third-order valence-electron chi connectivity index (χ3n) is 3.00. The predicted molar refractivity (Wildman–Crippen MR) is 78.4 cm³/mol. The maximum atomic E-state index is 5.58. The normalized spacial score (nSPS) is 12.0. The summed E-state index contributed by atoms with van der Waals surface area (Å²) in [6.45, 7) is 7.94. The Morgan fingerprint density at radius 2 is 1.29 bits per heavy atom. The van der Waals surface area contributed by atoms with E-state index in [9.17, 15) is 0 Å². The Hall–Kier alpha value is 0.137. The Bertz CT molecular complexity index is 136. The largest absolute Gasteiger partial charge is 0.357 e. The number of rotatable bonds is 13. The van der Waals surface area contributed by atoms with Gasteiger partial charge in [0, 0.05) is 13.2 Å². The van der Waals surface area contributed by atoms with Crippen molar-refractivity contribution in [3.8, 4) is 0 Å². The van der Waals surface area contributed by atoms with Gasteiger partial charge in [0.2, 0.25) is 0 Å². The highest BCUT2D eigenvalue weighted by Gasteiger charge is 2.07. The minimum atomic E-state index is -0.185. The second-order valence-electron chi connectivity index (χ2n) is 4.60. The van der Waals surface area contributed by atoms with E-state index in [1.807, 2.05) is 13.8 Å². The molecule has 0 amide bonds. The van der Waals surface area contributed by atoms with Crippen LogP contribution in [0.5, 0.6) is 0 Å². The lowest BCUT2D eigenvalue weighted by Gasteiger charge is -2.16. The zero-order chi connectivity index (χ0) is 12.8. The van der Waals surface area contributed by atoms with Crippen molar-refractivity contribution >= 4 is 9.52 Å². The van der Waals surface area contributed by atoms with Crippen molar-refractivity contribution in [2.24, 2.45) is 0 Å². The molecule has 0 heterocycles. The number of hydrogen-bond acceptors (Lipinski definition) is 2. The third-order valence-corrected chi connectivity index (χ3v) is 4.85. The van der Waals surface area contributed by atoms with Gasteiger partial charge in [0.05, 0.1) is 9.52 Å². The van der Waals surface area contributed by atoms with Gasteiger partial charge in [0.25, 0.3) is 0 Å². The van der Waals surface area contributed by atoms with Gasteiger partial charge in [-0.25, -0.2) is 0 Å². The molecule has 0 saturated carbocycles. The Balaban J connectivity index is 3.23. The molecule has 0 rings (SSSR count). The first-order valence-electron chi connectivity index (χ1n) is 7.58. The van der Waals surface area contributed by atoms with Crippen molar-refractivity contribution < 1.29 is 9.47 Å². The van der Waals surface area contributed by atoms with Crippen LogP contribution in [0.2, 0.25) is 6.04 Å². The van der Waals surface area contributed by atoms with E-state index in [0.717, 1.165) is 13.2 Å². The second kappa shape index (κ2) is 14.2. The summed E-state index contributed by atoms with van der Waals surface area (Å²) in [5.74, 6) is 0.171. The van der Waals surface area contributed by atoms with Gasteiger partial charge < -0.3 is 9.47 Å². The summed E-state index contributed by atoms with van der Waals surface area (Å²) >= 11 is 0. The molecule has 0 bridgehead atoms. The van der Waals surface area contributed by atoms with Gasteiger partial charge in [0.1, 0.15) is 5.91 Å². The molecular weight excluding hydrogens is 228 g/mol. The van der Waals surface area contributed by atoms with Gasteiger partial charge in [0.15, 0.2) is 0 Å². The van der Waals surface area contributed by atoms with Crippen LogP contribution in [-0.2, 0) is 9.47 Å². The first-order chi connectivity index (χ1) is 8.35. The highest BCUT2D eigenvalue weighted by Crippen LogP contribution is 2.09. The lowest BCUT2D eigenvalue weighted by atomic mass is 10.1. The summed E-state index contributed by atoms with van der Waals surface area (Å²) in [6.07, 6.45) is 9.81. The Labute approximate surface area is 110 Å². The lowest BCUT2D eigenvalue weighted by Crippen LogP contribution is -2.24. The molecule has 3 heteroatoms. The topological polar surface area (TPSA) is 18.5 Å². The third kappa shape index (κ3) is 12.4. The van der Waals surface area contributed by atoms with Crippen LogP contribution in [0.1, 0.15) is 65.7 Å². The van der Waals surface area contributed by atoms with Crippen molar-refractivity contribution in [3.05, 3.63) is 0 Å². The molecule has 0 spiro atoms. The predicted octanol–water partition coefficient (Wildman–Crippen LogP) is 3.68. The van der Waals surface area contributed by atoms with Crippen molar-refractivity contribution in [3.63, 3.8) is 0 Å². The van der Waals surface area contributed by atoms with Crippen LogP contribution >= 0.6 is 0 Å². The first kappa shape index (κ1) is 17.1. The van der Waals surface area contributed by atoms with E-state index in [4.69, 9.17) is 9.47 Å². The summed E-state index contributed by atoms with van der Waals surface area (Å²) in [7, 11) is -0.185. The number of ether oxygens (including phenoxy) is 2. The van der Waals surface area contributed by atoms with Crippen LogP contribution < -0.4 is 0 Å². The maximum Gasteiger partial charge on any atom is 0.134 e. The summed E-state index contributed by atoms with van der Waals surface area (Å²) in [4.78, 5) is 0. The van der Waals surface area contributed by atoms with Crippen molar-refractivity contribution in [1.29, 1.82) is 0 Å². The average molecular weight is 260 g/mol. The zero-order valence-corrected chi connectivity index (χ0v) is 13.6. The lowest BCUT2D eigenvalue weighted by molar-refractivity contribution is -0.0827. The SMILES string of the molecule is CCCCCCCCC[SiH2]C(OCC)OCC. The first-order valence-corrected chi connectivity index (χ1v) is 9.39. The molecule has 0 aromatic carbocycles. The molecule has 0 aromatic heterocycles. The summed E-state index contributed by atoms with van der Waals surface area (Å²) < 4.78 is 11.2. The maximum absolute atomic E-state index is 5.58. The van der Waals surface area contributed by atoms with Crippen molar-refractivity contribution in [1.82, 2.24) is 0 Å². The Morgan fingerprint density at radius 3 is 1.82 bits per heavy atom. The average Bonchev–Trinajstić information content (AvgIpc) is 2.33. The van der Waals surface area contributed by atoms with Crippen LogP contribution in [0.4, 0.5) is 0 Å². The van der Waals surface area contributed by atoms with Gasteiger partial charge in [-0.15, -0.1) is 0 Å². The van der Waals surface area contributed by atoms with Gasteiger partial charge in [-0.3, -0.25) is 0 Å². The summed E-state index contributed by atoms with van der Waals surface area (Å²) in [5, 5.41) is 0. The number of unbranched alkanes of at least 4 members (excludes halogenated alkanes) is 6. The van der Waals surface area contributed by atoms with Crippen LogP contribution in [0.25, 0.3) is 0 Å². The van der Waals surface area contributed by atoms with E-state index >= 15 is 0 Å². The van der Waals surface area contributed by atoms with Crippen LogP contribution in [-0.4, -0.2) is 28.6 Å². The Morgan fingerprint density at radius 1 is 0.765 bits per heavy atom. The van der Waals surface area contributed by atoms with Gasteiger partial charge >= 0.3 is 0 Å². The van der Waals surface area contributed by atoms with Crippen molar-refractivity contribution in [2.75, 3.05) is 13.2 Å². The molecule has 0 saturated heterocycles. The van der Waals surface area contributed by atoms with Crippen LogP contribution in [0.3, 0.4) is 0 Å². The fourth-order valence-electron chi connectivity index (χ4n) is 2.03. The molecule has 0 aliphatic heterocycles. The Kier molecular flexibility index (Phi) is 14.3. The zero-order valence-electron chi connectivity index (χ0n) is 12.2. The van der Waals surface area contributed by atoms with E-state index in [1.165, 1.54) is 51.0 Å². The highest BCUT2D eigenvalue weighted by atomic mass is 28.2. The van der Waals surface area contributed by atoms with Gasteiger partial charge in [-0.05, 0) is 13.8 Å². The molecule has 0 aromatic rings. The molecule has 0 N–H and O–H groups in total. The standard InChI is InChI=1S/C14H32O2Si/c1-4-7-8-9-10-11-12-13-17-14(15-5-2)16-6-3/h14H,4-13,17H2,1-3H3. The fourth-order valence-corrected chi connectivity index (χ4v) is 3.81.